The number of aliphatic hydroxyl groups is 6. The summed E-state index contributed by atoms with van der Waals surface area (Å²) >= 11 is 0. The number of phenolic OH excluding ortho intramolecular Hbond substituents is 2. The third-order valence-corrected chi connectivity index (χ3v) is 18.9. The number of aliphatic hydroxyl groups excluding tert-OH is 6. The number of hydrazine groups is 2. The molecule has 2 saturated heterocycles. The molecule has 5 aliphatic rings. The van der Waals surface area contributed by atoms with Gasteiger partial charge in [0.15, 0.2) is 34.8 Å². The zero-order chi connectivity index (χ0) is 81.3. The van der Waals surface area contributed by atoms with E-state index in [9.17, 15) is 94.4 Å². The van der Waals surface area contributed by atoms with E-state index < -0.39 is 178 Å². The Balaban J connectivity index is 0.702. The van der Waals surface area contributed by atoms with Gasteiger partial charge in [0.2, 0.25) is 23.9 Å². The number of nitrogens with zero attached hydrogens (tertiary/aromatic N) is 5. The zero-order valence-electron chi connectivity index (χ0n) is 61.0. The molecule has 2 aliphatic carbocycles. The number of ketones is 3. The van der Waals surface area contributed by atoms with E-state index in [1.165, 1.54) is 56.7 Å². The number of nitro groups is 1. The number of nitrogen functional groups attached to an aromatic ring is 1. The topological polar surface area (TPSA) is 601 Å². The highest BCUT2D eigenvalue weighted by Gasteiger charge is 2.47. The Labute approximate surface area is 641 Å². The van der Waals surface area contributed by atoms with Gasteiger partial charge in [-0.1, -0.05) is 24.8 Å². The van der Waals surface area contributed by atoms with Crippen molar-refractivity contribution >= 4 is 69.7 Å². The van der Waals surface area contributed by atoms with E-state index >= 15 is 0 Å². The molecule has 5 aromatic rings. The number of anilines is 2. The molecule has 41 heteroatoms. The maximum Gasteiger partial charge on any atom is 0.408 e. The molecule has 0 radical (unpaired) electrons. The van der Waals surface area contributed by atoms with E-state index in [1.54, 1.807) is 23.3 Å². The summed E-state index contributed by atoms with van der Waals surface area (Å²) in [7, 11) is 1.27. The van der Waals surface area contributed by atoms with Gasteiger partial charge < -0.3 is 121 Å². The molecule has 5 heterocycles. The lowest BCUT2D eigenvalue weighted by atomic mass is 9.75. The maximum absolute atomic E-state index is 14.3. The van der Waals surface area contributed by atoms with Crippen LogP contribution in [0.25, 0.3) is 11.2 Å². The number of allylic oxidation sites excluding steroid dienone is 4. The molecule has 113 heavy (non-hydrogen) atoms. The number of rotatable bonds is 35. The number of carboxylic acid groups (broad SMARTS) is 1. The quantitative estimate of drug-likeness (QED) is 0.00815. The number of carbonyl (C=O) groups excluding carboxylic acids is 6. The number of nitro benzene ring substituents is 1. The zero-order valence-corrected chi connectivity index (χ0v) is 61.0. The van der Waals surface area contributed by atoms with Gasteiger partial charge in [-0.15, -0.1) is 5.53 Å². The smallest absolute Gasteiger partial charge is 0.408 e. The lowest BCUT2D eigenvalue weighted by Crippen LogP contribution is -2.60. The number of alkyl carbamates (subject to hydrolysis) is 1. The summed E-state index contributed by atoms with van der Waals surface area (Å²) < 4.78 is 51.9. The number of methoxy groups -OCH3 is 1. The van der Waals surface area contributed by atoms with Crippen LogP contribution in [0.3, 0.4) is 0 Å². The van der Waals surface area contributed by atoms with Crippen molar-refractivity contribution in [3.63, 3.8) is 0 Å². The van der Waals surface area contributed by atoms with Crippen LogP contribution in [0.1, 0.15) is 111 Å². The number of nitrogens with one attached hydrogen (secondary N) is 7. The largest absolute Gasteiger partial charge is 0.507 e. The summed E-state index contributed by atoms with van der Waals surface area (Å²) in [4.78, 5) is 132. The number of H-pyrrole nitrogens is 1. The summed E-state index contributed by atoms with van der Waals surface area (Å²) in [5, 5.41) is 122. The number of amides is 3. The first-order valence-corrected chi connectivity index (χ1v) is 35.7. The lowest BCUT2D eigenvalue weighted by Gasteiger charge is -2.41. The van der Waals surface area contributed by atoms with Crippen LogP contribution in [0.2, 0.25) is 0 Å². The predicted molar refractivity (Wildman–Crippen MR) is 388 cm³/mol. The highest BCUT2D eigenvalue weighted by Crippen LogP contribution is 2.50. The Morgan fingerprint density at radius 3 is 2.35 bits per heavy atom. The molecule has 41 nitrogen and oxygen atoms in total. The third kappa shape index (κ3) is 21.1. The minimum absolute atomic E-state index is 0.0118. The van der Waals surface area contributed by atoms with E-state index in [-0.39, 0.29) is 155 Å². The second kappa shape index (κ2) is 38.8. The Morgan fingerprint density at radius 1 is 0.903 bits per heavy atom. The number of Topliss-reactive ketones (excluding diaryl/α,β-unsaturated/α-hetero) is 3. The summed E-state index contributed by atoms with van der Waals surface area (Å²) in [5.74, 6) is -8.17. The number of nitrogens with two attached hydrogens (primary N) is 1. The van der Waals surface area contributed by atoms with Crippen LogP contribution in [0, 0.1) is 16.0 Å². The highest BCUT2D eigenvalue weighted by atomic mass is 16.7. The monoisotopic (exact) mass is 1580 g/mol. The van der Waals surface area contributed by atoms with Crippen molar-refractivity contribution in [2.45, 2.75) is 132 Å². The molecule has 18 N–H and O–H groups in total. The standard InChI is InChI=1S/C72H87N13O28/c1-34-48(105-3)7-5-4-6-46(88)56-57(59(34)91)63(95)55-42(61(56)93)24-38(47(89)32-86)26-51(55)110-54-28-44(60(92)35(2)109-54)79-72(102)113-50(37-10-14-49(45(25-37)85(103)104)111-70-65(97)64(96)62(94)52(33-87)112-70)27-40-31-84(83-82-40)17-19-107-21-23-108-22-20-106-18-16-74-53(90)15-13-43(69(100)101)78-67(98)36-8-11-39(12-9-36)75-29-41-30-76-66-58(77-41)68(99)81-71(73)80-66/h4-5,7-12,14,25,30-31,35,38,43-44,50-52,54,60,62,64-65,70,75,82-83,86-87,92-97H,1,6,13,15-24,26-29,32-33H2,2-3H3,(H,74,90)(H,78,98)(H,79,102)(H,100,101)(H3,73,76,80,81,99)/b5-4-,48-7?/t35?,38?,43-,44?,50+,51-,52?,54?,60?,62-,64?,65-,70+/m0/s1. The number of aromatic amines is 1. The summed E-state index contributed by atoms with van der Waals surface area (Å²) in [5.41, 5.74) is 9.92. The van der Waals surface area contributed by atoms with Crippen molar-refractivity contribution in [2.24, 2.45) is 5.92 Å². The Kier molecular flexibility index (Phi) is 29.0. The normalized spacial score (nSPS) is 23.1. The molecule has 13 atom stereocenters. The Bertz CT molecular complexity index is 4500. The number of hydrogen-bond donors (Lipinski definition) is 17. The lowest BCUT2D eigenvalue weighted by molar-refractivity contribution is -0.387. The maximum atomic E-state index is 14.3. The molecular weight excluding hydrogens is 1490 g/mol. The molecule has 2 fully saturated rings. The van der Waals surface area contributed by atoms with Crippen molar-refractivity contribution in [3.8, 4) is 17.2 Å². The number of aromatic nitrogens is 4. The molecule has 608 valence electrons. The van der Waals surface area contributed by atoms with Gasteiger partial charge in [-0.05, 0) is 68.2 Å². The summed E-state index contributed by atoms with van der Waals surface area (Å²) in [6, 6.07) is 6.85. The van der Waals surface area contributed by atoms with Gasteiger partial charge in [0, 0.05) is 78.5 Å². The van der Waals surface area contributed by atoms with Crippen molar-refractivity contribution < 1.29 is 127 Å². The van der Waals surface area contributed by atoms with Crippen LogP contribution in [0.15, 0.2) is 101 Å². The molecule has 2 aromatic heterocycles. The van der Waals surface area contributed by atoms with Gasteiger partial charge in [-0.2, -0.15) is 4.98 Å². The molecule has 10 rings (SSSR count). The third-order valence-electron chi connectivity index (χ3n) is 18.9. The first-order valence-electron chi connectivity index (χ1n) is 35.7. The first-order chi connectivity index (χ1) is 54.1. The van der Waals surface area contributed by atoms with Crippen LogP contribution in [0.5, 0.6) is 17.2 Å². The van der Waals surface area contributed by atoms with Crippen LogP contribution in [0.4, 0.5) is 22.1 Å². The first kappa shape index (κ1) is 84.3. The molecule has 3 amide bonds. The highest BCUT2D eigenvalue weighted by molar-refractivity contribution is 6.20. The fourth-order valence-corrected chi connectivity index (χ4v) is 12.9. The Morgan fingerprint density at radius 2 is 1.64 bits per heavy atom. The minimum atomic E-state index is -1.95. The van der Waals surface area contributed by atoms with Crippen molar-refractivity contribution in [2.75, 3.05) is 84.1 Å². The average Bonchev–Trinajstić information content (AvgIpc) is 0.963. The fourth-order valence-electron chi connectivity index (χ4n) is 12.9. The van der Waals surface area contributed by atoms with Crippen molar-refractivity contribution in [1.29, 1.82) is 0 Å². The molecule has 3 aromatic carbocycles. The fraction of sp³-hybridized carbons (Fsp3) is 0.458. The summed E-state index contributed by atoms with van der Waals surface area (Å²) in [6.45, 7) is 4.84. The van der Waals surface area contributed by atoms with E-state index in [1.807, 2.05) is 0 Å². The number of phenols is 2. The molecule has 0 spiro atoms. The van der Waals surface area contributed by atoms with Gasteiger partial charge >= 0.3 is 17.7 Å². The van der Waals surface area contributed by atoms with Crippen LogP contribution < -0.4 is 48.3 Å². The molecule has 7 unspecified atom stereocenters. The van der Waals surface area contributed by atoms with E-state index in [0.29, 0.717) is 17.1 Å². The SMILES string of the molecule is C=C1C(=O)c2c(O)c3c(c(O)c2C(=O)C/C=C\C=C1OC)CC(C(=O)CO)C[C@@H]3OC1CC(NC(=O)O[C@H](CC2=CN(CCOCCOCCOCCNC(=O)CC[C@H](NC(=O)c3ccc(NCc4cnc5nc(N)[nH]c(=O)c5n4)cc3)C(=O)O)NN2)c2ccc(O[C@@H]3OC(CO)[C@H](O)C(O)[C@@H]3O)c([N+](=O)[O-])c2)C(O)C(C)O1. The minimum Gasteiger partial charge on any atom is -0.507 e. The second-order valence-electron chi connectivity index (χ2n) is 26.6. The number of benzene rings is 3. The second-order valence-corrected chi connectivity index (χ2v) is 26.6. The molecule has 0 bridgehead atoms. The Hall–Kier alpha value is -11.2. The van der Waals surface area contributed by atoms with Crippen LogP contribution >= 0.6 is 0 Å². The summed E-state index contributed by atoms with van der Waals surface area (Å²) in [6.07, 6.45) is -11.7. The predicted octanol–water partition coefficient (Wildman–Crippen LogP) is -0.284. The van der Waals surface area contributed by atoms with E-state index in [2.05, 4.69) is 58.7 Å². The van der Waals surface area contributed by atoms with Gasteiger partial charge in [-0.3, -0.25) is 48.9 Å². The van der Waals surface area contributed by atoms with Crippen molar-refractivity contribution in [3.05, 3.63) is 156 Å². The van der Waals surface area contributed by atoms with Crippen LogP contribution in [-0.4, -0.2) is 251 Å². The van der Waals surface area contributed by atoms with E-state index in [0.717, 1.165) is 12.1 Å². The number of aromatic hydroxyl groups is 2. The number of carbonyl (C=O) groups is 7. The molecule has 3 aliphatic heterocycles. The van der Waals surface area contributed by atoms with Crippen LogP contribution in [-0.2, 0) is 65.2 Å². The number of carboxylic acids is 1. The number of aliphatic carboxylic acids is 1. The molecular formula is C72H87N13O28. The van der Waals surface area contributed by atoms with Crippen molar-refractivity contribution in [1.82, 2.24) is 51.9 Å². The number of ether oxygens (including phenoxy) is 9. The molecule has 0 saturated carbocycles. The number of hydrogen-bond acceptors (Lipinski definition) is 35. The van der Waals surface area contributed by atoms with Gasteiger partial charge in [0.25, 0.3) is 11.5 Å². The average molecular weight is 1580 g/mol. The van der Waals surface area contributed by atoms with Gasteiger partial charge in [0.1, 0.15) is 66.5 Å². The van der Waals surface area contributed by atoms with Gasteiger partial charge in [0.05, 0.1) is 118 Å². The van der Waals surface area contributed by atoms with E-state index in [4.69, 9.17) is 48.4 Å². The number of fused-ring (bicyclic) bond motifs is 3. The van der Waals surface area contributed by atoms with Gasteiger partial charge in [-0.25, -0.2) is 19.6 Å².